The van der Waals surface area contributed by atoms with Crippen molar-refractivity contribution in [1.82, 2.24) is 29.9 Å². The van der Waals surface area contributed by atoms with Gasteiger partial charge in [-0.05, 0) is 47.9 Å². The quantitative estimate of drug-likeness (QED) is 0.304. The van der Waals surface area contributed by atoms with Crippen LogP contribution < -0.4 is 10.1 Å². The molecule has 190 valence electrons. The van der Waals surface area contributed by atoms with Gasteiger partial charge in [-0.15, -0.1) is 10.2 Å². The molecular formula is C28H29FN6O2. The van der Waals surface area contributed by atoms with E-state index in [0.29, 0.717) is 29.7 Å². The molecule has 0 aliphatic heterocycles. The van der Waals surface area contributed by atoms with Crippen molar-refractivity contribution in [2.45, 2.75) is 39.0 Å². The minimum absolute atomic E-state index is 0.133. The largest absolute Gasteiger partial charge is 0.494 e. The van der Waals surface area contributed by atoms with Crippen molar-refractivity contribution in [2.75, 3.05) is 13.7 Å². The smallest absolute Gasteiger partial charge is 0.255 e. The Morgan fingerprint density at radius 3 is 2.68 bits per heavy atom. The van der Waals surface area contributed by atoms with E-state index in [9.17, 15) is 9.18 Å². The van der Waals surface area contributed by atoms with Gasteiger partial charge in [-0.1, -0.05) is 39.0 Å². The van der Waals surface area contributed by atoms with Crippen LogP contribution in [0.5, 0.6) is 5.75 Å². The van der Waals surface area contributed by atoms with Crippen LogP contribution in [0.3, 0.4) is 0 Å². The van der Waals surface area contributed by atoms with Crippen molar-refractivity contribution >= 4 is 22.6 Å². The van der Waals surface area contributed by atoms with Gasteiger partial charge in [-0.2, -0.15) is 0 Å². The number of benzene rings is 2. The van der Waals surface area contributed by atoms with Crippen LogP contribution >= 0.6 is 0 Å². The number of H-pyrrole nitrogens is 1. The predicted octanol–water partition coefficient (Wildman–Crippen LogP) is 5.08. The summed E-state index contributed by atoms with van der Waals surface area (Å²) in [6.45, 7) is 6.58. The lowest BCUT2D eigenvalue weighted by Gasteiger charge is -2.17. The molecule has 3 aromatic heterocycles. The Bertz CT molecular complexity index is 1560. The second-order valence-electron chi connectivity index (χ2n) is 10.0. The maximum absolute atomic E-state index is 14.1. The van der Waals surface area contributed by atoms with E-state index in [1.165, 1.54) is 13.2 Å². The van der Waals surface area contributed by atoms with E-state index in [1.54, 1.807) is 18.2 Å². The van der Waals surface area contributed by atoms with Crippen LogP contribution in [0.2, 0.25) is 0 Å². The molecule has 2 aromatic carbocycles. The van der Waals surface area contributed by atoms with Crippen molar-refractivity contribution in [3.63, 3.8) is 0 Å². The van der Waals surface area contributed by atoms with E-state index >= 15 is 0 Å². The van der Waals surface area contributed by atoms with Gasteiger partial charge >= 0.3 is 0 Å². The summed E-state index contributed by atoms with van der Waals surface area (Å²) in [6.07, 6.45) is 3.30. The third-order valence-corrected chi connectivity index (χ3v) is 6.22. The molecule has 9 heteroatoms. The maximum Gasteiger partial charge on any atom is 0.255 e. The number of halogens is 1. The summed E-state index contributed by atoms with van der Waals surface area (Å²) in [5.41, 5.74) is 3.93. The third-order valence-electron chi connectivity index (χ3n) is 6.22. The SMILES string of the molecule is COc1cc(-c2cc(C(=O)NCCCc3nc4ccccc4[nH]3)c3nnc(C(C)(C)C)n3c2)ccc1F. The average molecular weight is 501 g/mol. The number of amides is 1. The van der Waals surface area contributed by atoms with E-state index in [0.717, 1.165) is 34.7 Å². The Morgan fingerprint density at radius 1 is 1.11 bits per heavy atom. The fourth-order valence-corrected chi connectivity index (χ4v) is 4.35. The van der Waals surface area contributed by atoms with Crippen LogP contribution in [-0.2, 0) is 11.8 Å². The Balaban J connectivity index is 1.41. The molecule has 3 heterocycles. The van der Waals surface area contributed by atoms with Gasteiger partial charge in [0.25, 0.3) is 5.91 Å². The highest BCUT2D eigenvalue weighted by Crippen LogP contribution is 2.30. The average Bonchev–Trinajstić information content (AvgIpc) is 3.50. The fraction of sp³-hybridized carbons (Fsp3) is 0.286. The summed E-state index contributed by atoms with van der Waals surface area (Å²) in [6, 6.07) is 14.3. The number of hydrogen-bond acceptors (Lipinski definition) is 5. The number of rotatable bonds is 7. The number of ether oxygens (including phenoxy) is 1. The van der Waals surface area contributed by atoms with Crippen molar-refractivity contribution in [3.8, 4) is 16.9 Å². The molecule has 0 aliphatic carbocycles. The monoisotopic (exact) mass is 500 g/mol. The molecule has 2 N–H and O–H groups in total. The predicted molar refractivity (Wildman–Crippen MR) is 140 cm³/mol. The molecule has 0 saturated carbocycles. The Labute approximate surface area is 213 Å². The number of aromatic nitrogens is 5. The van der Waals surface area contributed by atoms with Gasteiger partial charge in [0.2, 0.25) is 0 Å². The molecule has 37 heavy (non-hydrogen) atoms. The first-order chi connectivity index (χ1) is 17.7. The fourth-order valence-electron chi connectivity index (χ4n) is 4.35. The number of carbonyl (C=O) groups excluding carboxylic acids is 1. The standard InChI is InChI=1S/C28H29FN6O2/c1-28(2,3)27-34-33-25-19(14-18(16-35(25)27)17-11-12-20(29)23(15-17)37-4)26(36)30-13-7-10-24-31-21-8-5-6-9-22(21)32-24/h5-6,8-9,11-12,14-16H,7,10,13H2,1-4H3,(H,30,36)(H,31,32). The van der Waals surface area contributed by atoms with Crippen LogP contribution in [0.4, 0.5) is 4.39 Å². The molecule has 1 amide bonds. The summed E-state index contributed by atoms with van der Waals surface area (Å²) in [7, 11) is 1.42. The van der Waals surface area contributed by atoms with Gasteiger partial charge in [-0.25, -0.2) is 9.37 Å². The van der Waals surface area contributed by atoms with Gasteiger partial charge in [-0.3, -0.25) is 9.20 Å². The number of nitrogens with zero attached hydrogens (tertiary/aromatic N) is 4. The minimum atomic E-state index is -0.450. The second-order valence-corrected chi connectivity index (χ2v) is 10.0. The van der Waals surface area contributed by atoms with Gasteiger partial charge in [0.1, 0.15) is 11.6 Å². The molecule has 8 nitrogen and oxygen atoms in total. The molecule has 5 aromatic rings. The number of methoxy groups -OCH3 is 1. The summed E-state index contributed by atoms with van der Waals surface area (Å²) < 4.78 is 21.1. The first-order valence-electron chi connectivity index (χ1n) is 12.2. The number of aryl methyl sites for hydroxylation is 1. The molecule has 0 aliphatic rings. The Morgan fingerprint density at radius 2 is 1.92 bits per heavy atom. The zero-order valence-electron chi connectivity index (χ0n) is 21.3. The van der Waals surface area contributed by atoms with Crippen LogP contribution in [0.25, 0.3) is 27.8 Å². The van der Waals surface area contributed by atoms with Crippen LogP contribution in [0.15, 0.2) is 54.7 Å². The lowest BCUT2D eigenvalue weighted by atomic mass is 9.95. The number of hydrogen-bond donors (Lipinski definition) is 2. The van der Waals surface area contributed by atoms with E-state index < -0.39 is 5.82 Å². The molecule has 0 radical (unpaired) electrons. The normalized spacial score (nSPS) is 11.8. The minimum Gasteiger partial charge on any atom is -0.494 e. The first-order valence-corrected chi connectivity index (χ1v) is 12.2. The molecule has 0 spiro atoms. The highest BCUT2D eigenvalue weighted by Gasteiger charge is 2.24. The van der Waals surface area contributed by atoms with Gasteiger partial charge in [0.15, 0.2) is 17.2 Å². The lowest BCUT2D eigenvalue weighted by molar-refractivity contribution is 0.0954. The third kappa shape index (κ3) is 4.89. The molecule has 0 fully saturated rings. The molecule has 0 saturated heterocycles. The Kier molecular flexibility index (Phi) is 6.37. The maximum atomic E-state index is 14.1. The number of fused-ring (bicyclic) bond motifs is 2. The van der Waals surface area contributed by atoms with Crippen LogP contribution in [-0.4, -0.2) is 44.1 Å². The lowest BCUT2D eigenvalue weighted by Crippen LogP contribution is -2.26. The number of pyridine rings is 1. The number of carbonyl (C=O) groups is 1. The van der Waals surface area contributed by atoms with Gasteiger partial charge in [0.05, 0.1) is 23.7 Å². The summed E-state index contributed by atoms with van der Waals surface area (Å²) in [5.74, 6) is 1.04. The second kappa shape index (κ2) is 9.65. The topological polar surface area (TPSA) is 97.2 Å². The van der Waals surface area contributed by atoms with E-state index in [4.69, 9.17) is 4.74 Å². The summed E-state index contributed by atoms with van der Waals surface area (Å²) in [5, 5.41) is 11.7. The van der Waals surface area contributed by atoms with E-state index in [-0.39, 0.29) is 17.1 Å². The highest BCUT2D eigenvalue weighted by atomic mass is 19.1. The number of aromatic amines is 1. The van der Waals surface area contributed by atoms with Crippen molar-refractivity contribution in [3.05, 3.63) is 77.8 Å². The zero-order valence-corrected chi connectivity index (χ0v) is 21.3. The van der Waals surface area contributed by atoms with Crippen molar-refractivity contribution in [2.24, 2.45) is 0 Å². The van der Waals surface area contributed by atoms with Crippen LogP contribution in [0, 0.1) is 5.82 Å². The van der Waals surface area contributed by atoms with Crippen molar-refractivity contribution < 1.29 is 13.9 Å². The molecule has 0 bridgehead atoms. The summed E-state index contributed by atoms with van der Waals surface area (Å²) in [4.78, 5) is 21.2. The van der Waals surface area contributed by atoms with Crippen LogP contribution in [0.1, 0.15) is 49.2 Å². The Hall–Kier alpha value is -4.27. The van der Waals surface area contributed by atoms with E-state index in [1.807, 2.05) is 55.6 Å². The van der Waals surface area contributed by atoms with Gasteiger partial charge in [0, 0.05) is 24.6 Å². The van der Waals surface area contributed by atoms with Crippen molar-refractivity contribution in [1.29, 1.82) is 0 Å². The number of imidazole rings is 1. The summed E-state index contributed by atoms with van der Waals surface area (Å²) >= 11 is 0. The zero-order chi connectivity index (χ0) is 26.2. The molecule has 0 atom stereocenters. The molecular weight excluding hydrogens is 471 g/mol. The molecule has 5 rings (SSSR count). The molecule has 0 unspecified atom stereocenters. The number of para-hydroxylation sites is 2. The van der Waals surface area contributed by atoms with Gasteiger partial charge < -0.3 is 15.0 Å². The van der Waals surface area contributed by atoms with E-state index in [2.05, 4.69) is 25.5 Å². The first kappa shape index (κ1) is 24.4. The highest BCUT2D eigenvalue weighted by molar-refractivity contribution is 6.01. The number of nitrogens with one attached hydrogen (secondary N) is 2.